The Balaban J connectivity index is 2.11. The minimum atomic E-state index is -1.01. The van der Waals surface area contributed by atoms with Crippen molar-refractivity contribution in [3.63, 3.8) is 0 Å². The van der Waals surface area contributed by atoms with Gasteiger partial charge in [0.2, 0.25) is 0 Å². The van der Waals surface area contributed by atoms with Crippen LogP contribution in [0.4, 0.5) is 0 Å². The molecule has 0 atom stereocenters. The fourth-order valence-corrected chi connectivity index (χ4v) is 1.76. The Bertz CT molecular complexity index is 560. The number of hydrogen-bond acceptors (Lipinski definition) is 4. The van der Waals surface area contributed by atoms with Crippen LogP contribution in [0.15, 0.2) is 24.7 Å². The van der Waals surface area contributed by atoms with E-state index < -0.39 is 5.97 Å². The van der Waals surface area contributed by atoms with Crippen LogP contribution in [0, 0.1) is 0 Å². The molecule has 86 valence electrons. The molecule has 0 amide bonds. The molecular weight excluding hydrogens is 220 g/mol. The molecule has 2 aromatic heterocycles. The molecule has 0 radical (unpaired) electrons. The third-order valence-corrected chi connectivity index (χ3v) is 2.74. The maximum atomic E-state index is 10.9. The van der Waals surface area contributed by atoms with Crippen LogP contribution in [0.25, 0.3) is 5.82 Å². The van der Waals surface area contributed by atoms with Crippen LogP contribution in [0.1, 0.15) is 34.9 Å². The molecule has 1 aliphatic rings. The predicted octanol–water partition coefficient (Wildman–Crippen LogP) is 1.24. The number of carbonyl (C=O) groups is 1. The first kappa shape index (κ1) is 9.95. The molecule has 2 aromatic rings. The van der Waals surface area contributed by atoms with E-state index in [4.69, 9.17) is 5.11 Å². The molecule has 0 spiro atoms. The Morgan fingerprint density at radius 2 is 2.29 bits per heavy atom. The highest BCUT2D eigenvalue weighted by Gasteiger charge is 2.29. The second-order valence-electron chi connectivity index (χ2n) is 4.01. The SMILES string of the molecule is O=C(O)c1cc(C2CC2)n(-c2ccncn2)n1. The molecule has 0 aliphatic heterocycles. The van der Waals surface area contributed by atoms with Gasteiger partial charge in [-0.3, -0.25) is 0 Å². The van der Waals surface area contributed by atoms with Crippen LogP contribution in [-0.4, -0.2) is 30.8 Å². The summed E-state index contributed by atoms with van der Waals surface area (Å²) in [7, 11) is 0. The Hall–Kier alpha value is -2.24. The maximum Gasteiger partial charge on any atom is 0.356 e. The van der Waals surface area contributed by atoms with Crippen LogP contribution < -0.4 is 0 Å². The number of rotatable bonds is 3. The molecule has 0 unspecified atom stereocenters. The van der Waals surface area contributed by atoms with Crippen molar-refractivity contribution >= 4 is 5.97 Å². The molecule has 0 bridgehead atoms. The van der Waals surface area contributed by atoms with Gasteiger partial charge in [0.1, 0.15) is 6.33 Å². The number of aromatic carboxylic acids is 1. The first-order valence-corrected chi connectivity index (χ1v) is 5.35. The van der Waals surface area contributed by atoms with Crippen molar-refractivity contribution in [3.05, 3.63) is 36.0 Å². The van der Waals surface area contributed by atoms with Crippen LogP contribution in [0.3, 0.4) is 0 Å². The van der Waals surface area contributed by atoms with E-state index in [1.807, 2.05) is 0 Å². The van der Waals surface area contributed by atoms with E-state index >= 15 is 0 Å². The van der Waals surface area contributed by atoms with Gasteiger partial charge in [0.05, 0.1) is 5.69 Å². The van der Waals surface area contributed by atoms with Crippen molar-refractivity contribution in [3.8, 4) is 5.82 Å². The molecule has 1 aliphatic carbocycles. The van der Waals surface area contributed by atoms with E-state index in [1.165, 1.54) is 6.33 Å². The summed E-state index contributed by atoms with van der Waals surface area (Å²) in [5.74, 6) is -0.000304. The van der Waals surface area contributed by atoms with Gasteiger partial charge in [-0.05, 0) is 18.9 Å². The first-order chi connectivity index (χ1) is 8.25. The minimum Gasteiger partial charge on any atom is -0.476 e. The van der Waals surface area contributed by atoms with E-state index in [0.29, 0.717) is 11.7 Å². The third kappa shape index (κ3) is 1.77. The van der Waals surface area contributed by atoms with Gasteiger partial charge in [0.25, 0.3) is 0 Å². The number of nitrogens with zero attached hydrogens (tertiary/aromatic N) is 4. The monoisotopic (exact) mass is 230 g/mol. The molecule has 0 aromatic carbocycles. The maximum absolute atomic E-state index is 10.9. The summed E-state index contributed by atoms with van der Waals surface area (Å²) >= 11 is 0. The van der Waals surface area contributed by atoms with Crippen molar-refractivity contribution in [2.75, 3.05) is 0 Å². The van der Waals surface area contributed by atoms with Gasteiger partial charge in [0.15, 0.2) is 11.5 Å². The number of hydrogen-bond donors (Lipinski definition) is 1. The molecular formula is C11H10N4O2. The van der Waals surface area contributed by atoms with Crippen LogP contribution >= 0.6 is 0 Å². The fraction of sp³-hybridized carbons (Fsp3) is 0.273. The summed E-state index contributed by atoms with van der Waals surface area (Å²) in [6, 6.07) is 3.34. The van der Waals surface area contributed by atoms with Gasteiger partial charge < -0.3 is 5.11 Å². The Morgan fingerprint density at radius 1 is 1.47 bits per heavy atom. The molecule has 2 heterocycles. The topological polar surface area (TPSA) is 80.9 Å². The molecule has 6 heteroatoms. The summed E-state index contributed by atoms with van der Waals surface area (Å²) in [6.45, 7) is 0. The normalized spacial score (nSPS) is 14.8. The quantitative estimate of drug-likeness (QED) is 0.857. The van der Waals surface area contributed by atoms with Crippen molar-refractivity contribution < 1.29 is 9.90 Å². The van der Waals surface area contributed by atoms with E-state index in [0.717, 1.165) is 18.5 Å². The summed E-state index contributed by atoms with van der Waals surface area (Å²) in [5, 5.41) is 13.0. The van der Waals surface area contributed by atoms with Crippen LogP contribution in [0.5, 0.6) is 0 Å². The van der Waals surface area contributed by atoms with Crippen molar-refractivity contribution in [1.29, 1.82) is 0 Å². The average molecular weight is 230 g/mol. The van der Waals surface area contributed by atoms with Gasteiger partial charge in [-0.1, -0.05) is 0 Å². The van der Waals surface area contributed by atoms with E-state index in [2.05, 4.69) is 15.1 Å². The standard InChI is InChI=1S/C11H10N4O2/c16-11(17)8-5-9(7-1-2-7)15(14-8)10-3-4-12-6-13-10/h3-7H,1-2H2,(H,16,17). The highest BCUT2D eigenvalue weighted by Crippen LogP contribution is 2.40. The molecule has 1 fully saturated rings. The molecule has 17 heavy (non-hydrogen) atoms. The second kappa shape index (κ2) is 3.65. The minimum absolute atomic E-state index is 0.0607. The predicted molar refractivity (Wildman–Crippen MR) is 58.1 cm³/mol. The van der Waals surface area contributed by atoms with E-state index in [-0.39, 0.29) is 5.69 Å². The van der Waals surface area contributed by atoms with Gasteiger partial charge in [-0.25, -0.2) is 19.4 Å². The van der Waals surface area contributed by atoms with Crippen molar-refractivity contribution in [1.82, 2.24) is 19.7 Å². The summed E-state index contributed by atoms with van der Waals surface area (Å²) in [5.41, 5.74) is 0.978. The molecule has 3 rings (SSSR count). The van der Waals surface area contributed by atoms with E-state index in [1.54, 1.807) is 23.0 Å². The smallest absolute Gasteiger partial charge is 0.356 e. The van der Waals surface area contributed by atoms with Crippen LogP contribution in [0.2, 0.25) is 0 Å². The zero-order valence-electron chi connectivity index (χ0n) is 8.95. The molecule has 0 saturated heterocycles. The number of aromatic nitrogens is 4. The summed E-state index contributed by atoms with van der Waals surface area (Å²) in [4.78, 5) is 18.9. The fourth-order valence-electron chi connectivity index (χ4n) is 1.76. The molecule has 1 N–H and O–H groups in total. The van der Waals surface area contributed by atoms with Crippen molar-refractivity contribution in [2.45, 2.75) is 18.8 Å². The lowest BCUT2D eigenvalue weighted by molar-refractivity contribution is 0.0690. The van der Waals surface area contributed by atoms with E-state index in [9.17, 15) is 4.79 Å². The van der Waals surface area contributed by atoms with Crippen molar-refractivity contribution in [2.24, 2.45) is 0 Å². The largest absolute Gasteiger partial charge is 0.476 e. The zero-order chi connectivity index (χ0) is 11.8. The van der Waals surface area contributed by atoms with Crippen LogP contribution in [-0.2, 0) is 0 Å². The highest BCUT2D eigenvalue weighted by atomic mass is 16.4. The van der Waals surface area contributed by atoms with Gasteiger partial charge >= 0.3 is 5.97 Å². The summed E-state index contributed by atoms with van der Waals surface area (Å²) < 4.78 is 1.60. The van der Waals surface area contributed by atoms with Gasteiger partial charge in [-0.15, -0.1) is 0 Å². The lowest BCUT2D eigenvalue weighted by atomic mass is 10.2. The summed E-state index contributed by atoms with van der Waals surface area (Å²) in [6.07, 6.45) is 5.20. The average Bonchev–Trinajstić information content (AvgIpc) is 3.09. The number of carboxylic acids is 1. The first-order valence-electron chi connectivity index (χ1n) is 5.35. The zero-order valence-corrected chi connectivity index (χ0v) is 8.95. The molecule has 1 saturated carbocycles. The highest BCUT2D eigenvalue weighted by molar-refractivity contribution is 5.85. The lowest BCUT2D eigenvalue weighted by Crippen LogP contribution is -2.05. The Labute approximate surface area is 96.9 Å². The Morgan fingerprint density at radius 3 is 2.88 bits per heavy atom. The lowest BCUT2D eigenvalue weighted by Gasteiger charge is -2.03. The van der Waals surface area contributed by atoms with Gasteiger partial charge in [0, 0.05) is 18.2 Å². The van der Waals surface area contributed by atoms with Gasteiger partial charge in [-0.2, -0.15) is 5.10 Å². The second-order valence-corrected chi connectivity index (χ2v) is 4.01. The Kier molecular flexibility index (Phi) is 2.14. The number of carboxylic acid groups (broad SMARTS) is 1. The molecule has 6 nitrogen and oxygen atoms in total. The third-order valence-electron chi connectivity index (χ3n) is 2.74.